The summed E-state index contributed by atoms with van der Waals surface area (Å²) in [6.07, 6.45) is -3.81. The van der Waals surface area contributed by atoms with Crippen LogP contribution in [0.3, 0.4) is 0 Å². The average Bonchev–Trinajstić information content (AvgIpc) is 3.08. The quantitative estimate of drug-likeness (QED) is 0.327. The highest BCUT2D eigenvalue weighted by atomic mass is 16.9. The summed E-state index contributed by atoms with van der Waals surface area (Å²) in [7, 11) is 0. The molecule has 0 aromatic heterocycles. The van der Waals surface area contributed by atoms with Crippen molar-refractivity contribution in [2.75, 3.05) is 0 Å². The molecular weight excluding hydrogens is 374 g/mol. The van der Waals surface area contributed by atoms with Gasteiger partial charge in [-0.05, 0) is 39.8 Å². The zero-order chi connectivity index (χ0) is 20.3. The van der Waals surface area contributed by atoms with E-state index in [1.807, 2.05) is 0 Å². The third-order valence-electron chi connectivity index (χ3n) is 4.65. The zero-order valence-electron chi connectivity index (χ0n) is 15.8. The van der Waals surface area contributed by atoms with Crippen LogP contribution >= 0.6 is 0 Å². The first-order chi connectivity index (χ1) is 13.0. The van der Waals surface area contributed by atoms with Crippen LogP contribution in [0, 0.1) is 10.1 Å². The van der Waals surface area contributed by atoms with Gasteiger partial charge in [0, 0.05) is 12.1 Å². The summed E-state index contributed by atoms with van der Waals surface area (Å²) in [5.41, 5.74) is -0.107. The summed E-state index contributed by atoms with van der Waals surface area (Å²) in [6, 6.07) is 5.18. The van der Waals surface area contributed by atoms with E-state index in [0.29, 0.717) is 0 Å². The Balaban J connectivity index is 1.54. The van der Waals surface area contributed by atoms with Crippen LogP contribution in [-0.4, -0.2) is 53.2 Å². The lowest BCUT2D eigenvalue weighted by Gasteiger charge is -2.35. The fourth-order valence-electron chi connectivity index (χ4n) is 3.61. The number of nitro groups is 1. The molecule has 10 nitrogen and oxygen atoms in total. The Kier molecular flexibility index (Phi) is 4.43. The van der Waals surface area contributed by atoms with Crippen LogP contribution in [0.15, 0.2) is 24.3 Å². The van der Waals surface area contributed by atoms with Gasteiger partial charge >= 0.3 is 5.97 Å². The molecule has 1 aromatic carbocycles. The van der Waals surface area contributed by atoms with Crippen molar-refractivity contribution in [1.29, 1.82) is 0 Å². The molecule has 0 aliphatic carbocycles. The molecule has 3 aliphatic rings. The lowest BCUT2D eigenvalue weighted by molar-refractivity contribution is -0.384. The van der Waals surface area contributed by atoms with Crippen molar-refractivity contribution in [2.24, 2.45) is 0 Å². The number of fused-ring (bicyclic) bond motifs is 3. The third-order valence-corrected chi connectivity index (χ3v) is 4.65. The SMILES string of the molecule is CC1(C)O[C@@H]2O[C@H](C(=O)Oc3ccc([N+](=O)[O-])cc3)[C@H]3OC(C)(C)O[C@H]3[C@@H]2O1. The van der Waals surface area contributed by atoms with Gasteiger partial charge in [-0.25, -0.2) is 4.79 Å². The number of hydrogen-bond acceptors (Lipinski definition) is 9. The maximum atomic E-state index is 12.8. The molecule has 4 rings (SSSR count). The molecule has 0 unspecified atom stereocenters. The molecule has 152 valence electrons. The van der Waals surface area contributed by atoms with E-state index in [4.69, 9.17) is 28.4 Å². The zero-order valence-corrected chi connectivity index (χ0v) is 15.8. The van der Waals surface area contributed by atoms with E-state index in [1.165, 1.54) is 24.3 Å². The van der Waals surface area contributed by atoms with Gasteiger partial charge in [0.25, 0.3) is 5.69 Å². The molecule has 3 aliphatic heterocycles. The molecule has 28 heavy (non-hydrogen) atoms. The van der Waals surface area contributed by atoms with Gasteiger partial charge in [-0.2, -0.15) is 0 Å². The van der Waals surface area contributed by atoms with Crippen LogP contribution in [-0.2, 0) is 28.5 Å². The van der Waals surface area contributed by atoms with E-state index in [9.17, 15) is 14.9 Å². The molecule has 0 spiro atoms. The maximum absolute atomic E-state index is 12.8. The van der Waals surface area contributed by atoms with Crippen molar-refractivity contribution in [2.45, 2.75) is 70.0 Å². The van der Waals surface area contributed by atoms with E-state index in [2.05, 4.69) is 0 Å². The molecule has 3 saturated heterocycles. The molecule has 0 bridgehead atoms. The Morgan fingerprint density at radius 3 is 2.18 bits per heavy atom. The monoisotopic (exact) mass is 395 g/mol. The first-order valence-electron chi connectivity index (χ1n) is 8.88. The van der Waals surface area contributed by atoms with Gasteiger partial charge < -0.3 is 28.4 Å². The number of esters is 1. The minimum atomic E-state index is -1.11. The van der Waals surface area contributed by atoms with Crippen molar-refractivity contribution in [3.05, 3.63) is 34.4 Å². The van der Waals surface area contributed by atoms with Crippen molar-refractivity contribution in [1.82, 2.24) is 0 Å². The minimum absolute atomic E-state index is 0.107. The second-order valence-electron chi connectivity index (χ2n) is 7.76. The molecular formula is C18H21NO9. The van der Waals surface area contributed by atoms with Crippen LogP contribution in [0.2, 0.25) is 0 Å². The molecule has 0 amide bonds. The summed E-state index contributed by atoms with van der Waals surface area (Å²) in [5.74, 6) is -2.39. The van der Waals surface area contributed by atoms with Crippen molar-refractivity contribution < 1.29 is 38.1 Å². The van der Waals surface area contributed by atoms with Crippen molar-refractivity contribution >= 4 is 11.7 Å². The fourth-order valence-corrected chi connectivity index (χ4v) is 3.61. The van der Waals surface area contributed by atoms with Crippen LogP contribution < -0.4 is 4.74 Å². The summed E-state index contributed by atoms with van der Waals surface area (Å²) >= 11 is 0. The minimum Gasteiger partial charge on any atom is -0.425 e. The fraction of sp³-hybridized carbons (Fsp3) is 0.611. The molecule has 0 saturated carbocycles. The highest BCUT2D eigenvalue weighted by molar-refractivity contribution is 5.78. The number of nitrogens with zero attached hydrogens (tertiary/aromatic N) is 1. The van der Waals surface area contributed by atoms with Gasteiger partial charge in [-0.15, -0.1) is 0 Å². The number of non-ortho nitro benzene ring substituents is 1. The lowest BCUT2D eigenvalue weighted by atomic mass is 9.99. The first-order valence-corrected chi connectivity index (χ1v) is 8.88. The molecule has 0 N–H and O–H groups in total. The Bertz CT molecular complexity index is 791. The van der Waals surface area contributed by atoms with Crippen molar-refractivity contribution in [3.63, 3.8) is 0 Å². The highest BCUT2D eigenvalue weighted by Crippen LogP contribution is 2.44. The standard InChI is InChI=1S/C18H21NO9/c1-17(2)25-11-12(26-17)14-16(28-18(3,4)27-14)24-13(11)15(20)23-10-7-5-9(6-8-10)19(21)22/h5-8,11-14,16H,1-4H3/t11-,12+,13-,14-,16-/m0/s1. The Morgan fingerprint density at radius 1 is 0.964 bits per heavy atom. The molecule has 1 aromatic rings. The smallest absolute Gasteiger partial charge is 0.343 e. The second kappa shape index (κ2) is 6.46. The van der Waals surface area contributed by atoms with Gasteiger partial charge in [0.1, 0.15) is 24.1 Å². The van der Waals surface area contributed by atoms with E-state index in [0.717, 1.165) is 0 Å². The van der Waals surface area contributed by atoms with Gasteiger partial charge in [-0.3, -0.25) is 10.1 Å². The van der Waals surface area contributed by atoms with Gasteiger partial charge in [-0.1, -0.05) is 0 Å². The molecule has 5 atom stereocenters. The topological polar surface area (TPSA) is 116 Å². The Labute approximate surface area is 160 Å². The number of carbonyl (C=O) groups is 1. The average molecular weight is 395 g/mol. The van der Waals surface area contributed by atoms with E-state index < -0.39 is 53.2 Å². The van der Waals surface area contributed by atoms with Gasteiger partial charge in [0.15, 0.2) is 24.0 Å². The largest absolute Gasteiger partial charge is 0.425 e. The second-order valence-corrected chi connectivity index (χ2v) is 7.76. The van der Waals surface area contributed by atoms with Crippen LogP contribution in [0.25, 0.3) is 0 Å². The van der Waals surface area contributed by atoms with E-state index >= 15 is 0 Å². The van der Waals surface area contributed by atoms with Crippen LogP contribution in [0.5, 0.6) is 5.75 Å². The third kappa shape index (κ3) is 3.49. The summed E-state index contributed by atoms with van der Waals surface area (Å²) in [6.45, 7) is 6.96. The predicted octanol–water partition coefficient (Wildman–Crippen LogP) is 1.90. The van der Waals surface area contributed by atoms with Gasteiger partial charge in [0.2, 0.25) is 0 Å². The van der Waals surface area contributed by atoms with E-state index in [-0.39, 0.29) is 11.4 Å². The molecule has 3 fully saturated rings. The summed E-state index contributed by atoms with van der Waals surface area (Å²) in [4.78, 5) is 23.0. The van der Waals surface area contributed by atoms with Gasteiger partial charge in [0.05, 0.1) is 4.92 Å². The number of rotatable bonds is 3. The molecule has 3 heterocycles. The van der Waals surface area contributed by atoms with Crippen LogP contribution in [0.1, 0.15) is 27.7 Å². The number of ether oxygens (including phenoxy) is 6. The molecule has 10 heteroatoms. The summed E-state index contributed by atoms with van der Waals surface area (Å²) in [5, 5.41) is 10.7. The number of benzene rings is 1. The first kappa shape index (κ1) is 19.2. The number of nitro benzene ring substituents is 1. The predicted molar refractivity (Wildman–Crippen MR) is 91.3 cm³/mol. The number of hydrogen-bond donors (Lipinski definition) is 0. The summed E-state index contributed by atoms with van der Waals surface area (Å²) < 4.78 is 34.6. The highest BCUT2D eigenvalue weighted by Gasteiger charge is 2.62. The normalized spacial score (nSPS) is 35.1. The Hall–Kier alpha value is -2.11. The number of carbonyl (C=O) groups excluding carboxylic acids is 1. The maximum Gasteiger partial charge on any atom is 0.343 e. The van der Waals surface area contributed by atoms with Crippen molar-refractivity contribution in [3.8, 4) is 5.75 Å². The van der Waals surface area contributed by atoms with E-state index in [1.54, 1.807) is 27.7 Å². The lowest BCUT2D eigenvalue weighted by Crippen LogP contribution is -2.58. The van der Waals surface area contributed by atoms with Crippen LogP contribution in [0.4, 0.5) is 5.69 Å². The Morgan fingerprint density at radius 2 is 1.54 bits per heavy atom. The molecule has 0 radical (unpaired) electrons.